The number of guanidine groups is 1. The molecule has 0 aliphatic heterocycles. The molecule has 0 saturated heterocycles. The number of nitrogens with zero attached hydrogens (tertiary/aromatic N) is 4. The second-order valence-electron chi connectivity index (χ2n) is 6.81. The highest BCUT2D eigenvalue weighted by molar-refractivity contribution is 5.79. The molecule has 0 amide bonds. The molecule has 0 fully saturated rings. The second kappa shape index (κ2) is 10.3. The Labute approximate surface area is 171 Å². The van der Waals surface area contributed by atoms with Gasteiger partial charge >= 0.3 is 0 Å². The molecule has 2 N–H and O–H groups in total. The number of nitrogens with one attached hydrogen (secondary N) is 2. The van der Waals surface area contributed by atoms with Crippen molar-refractivity contribution in [2.24, 2.45) is 4.99 Å². The van der Waals surface area contributed by atoms with Crippen LogP contribution in [0.3, 0.4) is 0 Å². The highest BCUT2D eigenvalue weighted by Gasteiger charge is 2.07. The van der Waals surface area contributed by atoms with Gasteiger partial charge in [0, 0.05) is 38.7 Å². The molecule has 152 valence electrons. The summed E-state index contributed by atoms with van der Waals surface area (Å²) < 4.78 is 7.11. The van der Waals surface area contributed by atoms with Gasteiger partial charge in [-0.3, -0.25) is 9.56 Å². The van der Waals surface area contributed by atoms with Crippen LogP contribution < -0.4 is 15.4 Å². The molecule has 0 aliphatic rings. The Kier molecular flexibility index (Phi) is 7.22. The summed E-state index contributed by atoms with van der Waals surface area (Å²) in [6.45, 7) is 3.73. The van der Waals surface area contributed by atoms with Crippen LogP contribution in [0, 0.1) is 0 Å². The lowest BCUT2D eigenvalue weighted by Crippen LogP contribution is -2.37. The molecule has 3 rings (SSSR count). The molecule has 1 atom stereocenters. The number of pyridine rings is 1. The minimum Gasteiger partial charge on any atom is -0.497 e. The first-order chi connectivity index (χ1) is 14.2. The van der Waals surface area contributed by atoms with Crippen LogP contribution in [-0.2, 0) is 6.54 Å². The van der Waals surface area contributed by atoms with E-state index in [1.54, 1.807) is 32.9 Å². The Morgan fingerprint density at radius 3 is 2.69 bits per heavy atom. The molecule has 0 bridgehead atoms. The Morgan fingerprint density at radius 2 is 2.00 bits per heavy atom. The maximum atomic E-state index is 5.22. The van der Waals surface area contributed by atoms with Crippen molar-refractivity contribution in [2.45, 2.75) is 25.8 Å². The fourth-order valence-corrected chi connectivity index (χ4v) is 3.02. The fourth-order valence-electron chi connectivity index (χ4n) is 3.02. The smallest absolute Gasteiger partial charge is 0.191 e. The van der Waals surface area contributed by atoms with Crippen molar-refractivity contribution in [1.29, 1.82) is 0 Å². The van der Waals surface area contributed by atoms with E-state index in [9.17, 15) is 0 Å². The minimum atomic E-state index is 0.449. The van der Waals surface area contributed by atoms with E-state index in [1.807, 2.05) is 35.0 Å². The molecular formula is C22H28N6O. The Bertz CT molecular complexity index is 905. The zero-order valence-electron chi connectivity index (χ0n) is 17.2. The van der Waals surface area contributed by atoms with Crippen LogP contribution in [0.25, 0.3) is 5.82 Å². The predicted octanol–water partition coefficient (Wildman–Crippen LogP) is 3.13. The lowest BCUT2D eigenvalue weighted by atomic mass is 9.98. The molecule has 1 aromatic carbocycles. The number of methoxy groups -OCH3 is 1. The van der Waals surface area contributed by atoms with Gasteiger partial charge in [0.2, 0.25) is 0 Å². The zero-order chi connectivity index (χ0) is 20.5. The lowest BCUT2D eigenvalue weighted by Gasteiger charge is -2.16. The van der Waals surface area contributed by atoms with Crippen molar-refractivity contribution in [3.63, 3.8) is 0 Å². The molecule has 3 aromatic rings. The molecule has 7 heteroatoms. The van der Waals surface area contributed by atoms with Gasteiger partial charge in [0.1, 0.15) is 17.9 Å². The molecule has 0 spiro atoms. The van der Waals surface area contributed by atoms with Gasteiger partial charge in [-0.1, -0.05) is 19.1 Å². The average molecular weight is 393 g/mol. The van der Waals surface area contributed by atoms with Crippen molar-refractivity contribution in [3.05, 3.63) is 72.4 Å². The van der Waals surface area contributed by atoms with Crippen LogP contribution in [0.5, 0.6) is 5.75 Å². The van der Waals surface area contributed by atoms with Crippen LogP contribution in [0.2, 0.25) is 0 Å². The van der Waals surface area contributed by atoms with Gasteiger partial charge in [-0.25, -0.2) is 9.97 Å². The van der Waals surface area contributed by atoms with E-state index in [4.69, 9.17) is 4.74 Å². The maximum Gasteiger partial charge on any atom is 0.191 e. The summed E-state index contributed by atoms with van der Waals surface area (Å²) in [7, 11) is 3.47. The summed E-state index contributed by atoms with van der Waals surface area (Å²) >= 11 is 0. The normalized spacial score (nSPS) is 12.4. The van der Waals surface area contributed by atoms with Crippen molar-refractivity contribution >= 4 is 5.96 Å². The summed E-state index contributed by atoms with van der Waals surface area (Å²) in [6, 6.07) is 12.3. The third-order valence-electron chi connectivity index (χ3n) is 4.82. The van der Waals surface area contributed by atoms with Gasteiger partial charge in [-0.2, -0.15) is 0 Å². The highest BCUT2D eigenvalue weighted by Crippen LogP contribution is 2.21. The number of hydrogen-bond acceptors (Lipinski definition) is 4. The van der Waals surface area contributed by atoms with Crippen LogP contribution in [0.1, 0.15) is 30.4 Å². The number of imidazole rings is 1. The van der Waals surface area contributed by atoms with E-state index in [0.29, 0.717) is 12.5 Å². The Hall–Kier alpha value is -3.35. The third kappa shape index (κ3) is 5.81. The number of aromatic nitrogens is 3. The Balaban J connectivity index is 1.46. The standard InChI is InChI=1S/C22H28N6O/c1-17(19-4-6-20(29-3)7-5-19)8-10-26-22(23-2)27-15-18-9-11-25-21(14-18)28-13-12-24-16-28/h4-7,9,11-14,16-17H,8,10,15H2,1-3H3,(H2,23,26,27). The summed E-state index contributed by atoms with van der Waals surface area (Å²) in [4.78, 5) is 12.8. The number of aliphatic imine (C=N–C) groups is 1. The molecule has 0 saturated carbocycles. The SMILES string of the molecule is CN=C(NCCC(C)c1ccc(OC)cc1)NCc1ccnc(-n2ccnc2)c1. The number of benzene rings is 1. The summed E-state index contributed by atoms with van der Waals surface area (Å²) in [6.07, 6.45) is 8.17. The van der Waals surface area contributed by atoms with E-state index in [2.05, 4.69) is 44.7 Å². The molecule has 0 aliphatic carbocycles. The summed E-state index contributed by atoms with van der Waals surface area (Å²) in [5.41, 5.74) is 2.43. The van der Waals surface area contributed by atoms with Gasteiger partial charge in [-0.15, -0.1) is 0 Å². The fraction of sp³-hybridized carbons (Fsp3) is 0.318. The van der Waals surface area contributed by atoms with Crippen LogP contribution in [-0.4, -0.2) is 41.2 Å². The quantitative estimate of drug-likeness (QED) is 0.455. The van der Waals surface area contributed by atoms with E-state index < -0.39 is 0 Å². The van der Waals surface area contributed by atoms with Crippen molar-refractivity contribution in [3.8, 4) is 11.6 Å². The van der Waals surface area contributed by atoms with E-state index in [-0.39, 0.29) is 0 Å². The maximum absolute atomic E-state index is 5.22. The van der Waals surface area contributed by atoms with E-state index >= 15 is 0 Å². The molecule has 2 aromatic heterocycles. The van der Waals surface area contributed by atoms with Gasteiger partial charge < -0.3 is 15.4 Å². The molecule has 7 nitrogen and oxygen atoms in total. The molecule has 0 radical (unpaired) electrons. The molecule has 1 unspecified atom stereocenters. The average Bonchev–Trinajstić information content (AvgIpc) is 3.31. The van der Waals surface area contributed by atoms with Crippen molar-refractivity contribution in [2.75, 3.05) is 20.7 Å². The van der Waals surface area contributed by atoms with E-state index in [0.717, 1.165) is 36.1 Å². The van der Waals surface area contributed by atoms with Crippen LogP contribution >= 0.6 is 0 Å². The number of hydrogen-bond donors (Lipinski definition) is 2. The van der Waals surface area contributed by atoms with Gasteiger partial charge in [0.25, 0.3) is 0 Å². The topological polar surface area (TPSA) is 76.4 Å². The highest BCUT2D eigenvalue weighted by atomic mass is 16.5. The minimum absolute atomic E-state index is 0.449. The zero-order valence-corrected chi connectivity index (χ0v) is 17.2. The van der Waals surface area contributed by atoms with Crippen molar-refractivity contribution < 1.29 is 4.74 Å². The third-order valence-corrected chi connectivity index (χ3v) is 4.82. The van der Waals surface area contributed by atoms with E-state index in [1.165, 1.54) is 5.56 Å². The van der Waals surface area contributed by atoms with Gasteiger partial charge in [0.15, 0.2) is 5.96 Å². The van der Waals surface area contributed by atoms with Crippen molar-refractivity contribution in [1.82, 2.24) is 25.2 Å². The summed E-state index contributed by atoms with van der Waals surface area (Å²) in [5.74, 6) is 2.96. The van der Waals surface area contributed by atoms with Crippen LogP contribution in [0.4, 0.5) is 0 Å². The van der Waals surface area contributed by atoms with Gasteiger partial charge in [-0.05, 0) is 47.7 Å². The lowest BCUT2D eigenvalue weighted by molar-refractivity contribution is 0.414. The van der Waals surface area contributed by atoms with Gasteiger partial charge in [0.05, 0.1) is 7.11 Å². The second-order valence-corrected chi connectivity index (χ2v) is 6.81. The van der Waals surface area contributed by atoms with Crippen LogP contribution in [0.15, 0.2) is 66.3 Å². The first-order valence-corrected chi connectivity index (χ1v) is 9.71. The molecule has 2 heterocycles. The first-order valence-electron chi connectivity index (χ1n) is 9.71. The monoisotopic (exact) mass is 392 g/mol. The predicted molar refractivity (Wildman–Crippen MR) is 116 cm³/mol. The first kappa shape index (κ1) is 20.4. The largest absolute Gasteiger partial charge is 0.497 e. The number of ether oxygens (including phenoxy) is 1. The number of rotatable bonds is 8. The Morgan fingerprint density at radius 1 is 1.17 bits per heavy atom. The molecular weight excluding hydrogens is 364 g/mol. The summed E-state index contributed by atoms with van der Waals surface area (Å²) in [5, 5.41) is 6.74. The molecule has 29 heavy (non-hydrogen) atoms.